The fourth-order valence-corrected chi connectivity index (χ4v) is 5.04. The minimum absolute atomic E-state index is 0.216. The summed E-state index contributed by atoms with van der Waals surface area (Å²) in [6, 6.07) is 16.1. The highest BCUT2D eigenvalue weighted by molar-refractivity contribution is 6.06. The Hall–Kier alpha value is -4.63. The average molecular weight is 679 g/mol. The van der Waals surface area contributed by atoms with E-state index in [2.05, 4.69) is 37.9 Å². The maximum absolute atomic E-state index is 12.3. The summed E-state index contributed by atoms with van der Waals surface area (Å²) in [6.07, 6.45) is 2.93. The van der Waals surface area contributed by atoms with Gasteiger partial charge in [0.25, 0.3) is 6.47 Å². The van der Waals surface area contributed by atoms with E-state index in [-0.39, 0.29) is 31.6 Å². The van der Waals surface area contributed by atoms with Gasteiger partial charge in [-0.25, -0.2) is 9.97 Å². The van der Waals surface area contributed by atoms with Gasteiger partial charge >= 0.3 is 0 Å². The first-order chi connectivity index (χ1) is 24.0. The molecule has 14 nitrogen and oxygen atoms in total. The van der Waals surface area contributed by atoms with Crippen molar-refractivity contribution in [2.45, 2.75) is 39.3 Å². The molecule has 0 saturated carbocycles. The molecule has 0 aliphatic heterocycles. The summed E-state index contributed by atoms with van der Waals surface area (Å²) >= 11 is 0. The van der Waals surface area contributed by atoms with E-state index < -0.39 is 0 Å². The lowest BCUT2D eigenvalue weighted by molar-refractivity contribution is -0.131. The van der Waals surface area contributed by atoms with Gasteiger partial charge in [-0.05, 0) is 23.6 Å². The van der Waals surface area contributed by atoms with Crippen LogP contribution < -0.4 is 16.4 Å². The van der Waals surface area contributed by atoms with Crippen LogP contribution in [0.25, 0.3) is 21.9 Å². The lowest BCUT2D eigenvalue weighted by atomic mass is 10.1. The Morgan fingerprint density at radius 2 is 1.47 bits per heavy atom. The van der Waals surface area contributed by atoms with Crippen LogP contribution >= 0.6 is 0 Å². The molecule has 0 fully saturated rings. The molecule has 14 heteroatoms. The highest BCUT2D eigenvalue weighted by atomic mass is 16.6. The Balaban J connectivity index is 1.13. The standard InChI is InChI=1S/C35H46N6O8/c1-2-3-8-30-40-33-34(28-6-4-5-7-29(28)39-35(33)36)41(30)22-27-11-9-26(10-12-27)21-38-32(44)24-49-23-31(43)37-13-14-45-15-16-46-17-18-47-19-20-48-25-42/h4-7,9-12,25H,2-3,8,13-24H2,1H3,(H2,36,39)(H,37,43)(H,38,44). The number of amides is 2. The van der Waals surface area contributed by atoms with Crippen LogP contribution in [0.1, 0.15) is 36.7 Å². The van der Waals surface area contributed by atoms with Crippen molar-refractivity contribution in [3.05, 3.63) is 65.5 Å². The first-order valence-corrected chi connectivity index (χ1v) is 16.5. The van der Waals surface area contributed by atoms with Crippen LogP contribution in [0.2, 0.25) is 0 Å². The predicted octanol–water partition coefficient (Wildman–Crippen LogP) is 2.53. The van der Waals surface area contributed by atoms with E-state index in [1.54, 1.807) is 0 Å². The first-order valence-electron chi connectivity index (χ1n) is 16.5. The van der Waals surface area contributed by atoms with Crippen molar-refractivity contribution >= 4 is 46.0 Å². The number of benzene rings is 2. The maximum Gasteiger partial charge on any atom is 0.293 e. The van der Waals surface area contributed by atoms with Gasteiger partial charge < -0.3 is 44.6 Å². The minimum Gasteiger partial charge on any atom is -0.465 e. The third-order valence-corrected chi connectivity index (χ3v) is 7.49. The third kappa shape index (κ3) is 12.1. The van der Waals surface area contributed by atoms with Crippen molar-refractivity contribution in [2.75, 3.05) is 71.7 Å². The number of nitrogens with zero attached hydrogens (tertiary/aromatic N) is 3. The number of pyridine rings is 1. The summed E-state index contributed by atoms with van der Waals surface area (Å²) in [5.74, 6) is 0.766. The number of imidazole rings is 1. The molecule has 0 radical (unpaired) electrons. The van der Waals surface area contributed by atoms with E-state index in [4.69, 9.17) is 29.7 Å². The smallest absolute Gasteiger partial charge is 0.293 e. The summed E-state index contributed by atoms with van der Waals surface area (Å²) in [5, 5.41) is 6.52. The van der Waals surface area contributed by atoms with E-state index >= 15 is 0 Å². The first kappa shape index (κ1) is 37.2. The largest absolute Gasteiger partial charge is 0.465 e. The van der Waals surface area contributed by atoms with Crippen LogP contribution in [-0.4, -0.2) is 98.8 Å². The Morgan fingerprint density at radius 1 is 0.816 bits per heavy atom. The zero-order chi connectivity index (χ0) is 34.7. The number of aryl methyl sites for hydroxylation is 1. The van der Waals surface area contributed by atoms with Crippen LogP contribution in [-0.2, 0) is 57.6 Å². The number of carbonyl (C=O) groups excluding carboxylic acids is 3. The van der Waals surface area contributed by atoms with Gasteiger partial charge in [-0.15, -0.1) is 0 Å². The number of hydrogen-bond donors (Lipinski definition) is 3. The molecular weight excluding hydrogens is 632 g/mol. The number of fused-ring (bicyclic) bond motifs is 3. The molecular formula is C35H46N6O8. The molecule has 0 aliphatic rings. The van der Waals surface area contributed by atoms with Crippen molar-refractivity contribution < 1.29 is 38.1 Å². The molecule has 0 spiro atoms. The van der Waals surface area contributed by atoms with Gasteiger partial charge in [0.1, 0.15) is 31.2 Å². The molecule has 2 aromatic heterocycles. The van der Waals surface area contributed by atoms with Crippen molar-refractivity contribution in [2.24, 2.45) is 0 Å². The number of anilines is 1. The van der Waals surface area contributed by atoms with E-state index in [1.807, 2.05) is 42.5 Å². The molecule has 2 aromatic carbocycles. The molecule has 0 saturated heterocycles. The fraction of sp³-hybridized carbons (Fsp3) is 0.457. The number of para-hydroxylation sites is 1. The Kier molecular flexibility index (Phi) is 15.7. The molecule has 0 bridgehead atoms. The summed E-state index contributed by atoms with van der Waals surface area (Å²) < 4.78 is 27.9. The molecule has 0 unspecified atom stereocenters. The van der Waals surface area contributed by atoms with Crippen LogP contribution in [0.15, 0.2) is 48.5 Å². The number of ether oxygens (including phenoxy) is 5. The zero-order valence-electron chi connectivity index (χ0n) is 28.0. The molecule has 4 rings (SSSR count). The highest BCUT2D eigenvalue weighted by Gasteiger charge is 2.17. The van der Waals surface area contributed by atoms with Crippen molar-refractivity contribution in [3.8, 4) is 0 Å². The third-order valence-electron chi connectivity index (χ3n) is 7.49. The second-order valence-corrected chi connectivity index (χ2v) is 11.2. The zero-order valence-corrected chi connectivity index (χ0v) is 28.0. The Morgan fingerprint density at radius 3 is 2.18 bits per heavy atom. The van der Waals surface area contributed by atoms with Crippen LogP contribution in [0, 0.1) is 0 Å². The summed E-state index contributed by atoms with van der Waals surface area (Å²) in [6.45, 7) is 5.75. The van der Waals surface area contributed by atoms with Crippen molar-refractivity contribution in [1.29, 1.82) is 0 Å². The van der Waals surface area contributed by atoms with Gasteiger partial charge in [0.05, 0.1) is 50.7 Å². The number of nitrogens with one attached hydrogen (secondary N) is 2. The average Bonchev–Trinajstić information content (AvgIpc) is 3.47. The lowest BCUT2D eigenvalue weighted by Gasteiger charge is -2.12. The number of rotatable bonds is 24. The Labute approximate surface area is 285 Å². The number of nitrogens with two attached hydrogens (primary N) is 1. The number of hydrogen-bond acceptors (Lipinski definition) is 11. The molecule has 4 aromatic rings. The van der Waals surface area contributed by atoms with Gasteiger partial charge in [-0.3, -0.25) is 14.4 Å². The molecule has 264 valence electrons. The van der Waals surface area contributed by atoms with Gasteiger partial charge in [-0.2, -0.15) is 0 Å². The number of nitrogen functional groups attached to an aromatic ring is 1. The minimum atomic E-state index is -0.339. The fourth-order valence-electron chi connectivity index (χ4n) is 5.04. The molecule has 0 aliphatic carbocycles. The summed E-state index contributed by atoms with van der Waals surface area (Å²) in [5.41, 5.74) is 10.9. The number of carbonyl (C=O) groups is 3. The van der Waals surface area contributed by atoms with Crippen molar-refractivity contribution in [1.82, 2.24) is 25.2 Å². The van der Waals surface area contributed by atoms with Crippen LogP contribution in [0.5, 0.6) is 0 Å². The van der Waals surface area contributed by atoms with Crippen LogP contribution in [0.3, 0.4) is 0 Å². The number of aromatic nitrogens is 3. The second-order valence-electron chi connectivity index (χ2n) is 11.2. The van der Waals surface area contributed by atoms with Crippen molar-refractivity contribution in [3.63, 3.8) is 0 Å². The van der Waals surface area contributed by atoms with Crippen LogP contribution in [0.4, 0.5) is 5.82 Å². The molecule has 49 heavy (non-hydrogen) atoms. The summed E-state index contributed by atoms with van der Waals surface area (Å²) in [7, 11) is 0. The summed E-state index contributed by atoms with van der Waals surface area (Å²) in [4.78, 5) is 43.8. The van der Waals surface area contributed by atoms with Gasteiger partial charge in [0, 0.05) is 31.4 Å². The van der Waals surface area contributed by atoms with E-state index in [1.165, 1.54) is 0 Å². The highest BCUT2D eigenvalue weighted by Crippen LogP contribution is 2.30. The lowest BCUT2D eigenvalue weighted by Crippen LogP contribution is -2.33. The normalized spacial score (nSPS) is 11.2. The van der Waals surface area contributed by atoms with E-state index in [9.17, 15) is 14.4 Å². The van der Waals surface area contributed by atoms with E-state index in [0.29, 0.717) is 71.6 Å². The van der Waals surface area contributed by atoms with Gasteiger partial charge in [0.15, 0.2) is 5.82 Å². The topological polar surface area (TPSA) is 178 Å². The SMILES string of the molecule is CCCCc1nc2c(N)nc3ccccc3c2n1Cc1ccc(CNC(=O)COCC(=O)NCCOCCOCCOCCOC=O)cc1. The Bertz CT molecular complexity index is 1630. The van der Waals surface area contributed by atoms with Gasteiger partial charge in [0.2, 0.25) is 11.8 Å². The van der Waals surface area contributed by atoms with Gasteiger partial charge in [-0.1, -0.05) is 55.8 Å². The quantitative estimate of drug-likeness (QED) is 0.0733. The maximum atomic E-state index is 12.3. The molecule has 2 amide bonds. The monoisotopic (exact) mass is 678 g/mol. The number of unbranched alkanes of at least 4 members (excludes halogenated alkanes) is 1. The molecule has 4 N–H and O–H groups in total. The molecule has 2 heterocycles. The second kappa shape index (κ2) is 20.7. The van der Waals surface area contributed by atoms with E-state index in [0.717, 1.165) is 58.2 Å². The molecule has 0 atom stereocenters. The predicted molar refractivity (Wildman–Crippen MR) is 184 cm³/mol.